The van der Waals surface area contributed by atoms with Crippen LogP contribution in [-0.2, 0) is 13.1 Å². The molecule has 1 saturated heterocycles. The SMILES string of the molecule is CCCN1CCN(Cc2ccc(CN)s2)CC1. The monoisotopic (exact) mass is 253 g/mol. The van der Waals surface area contributed by atoms with E-state index in [1.54, 1.807) is 0 Å². The van der Waals surface area contributed by atoms with E-state index in [9.17, 15) is 0 Å². The van der Waals surface area contributed by atoms with Crippen molar-refractivity contribution in [3.05, 3.63) is 21.9 Å². The van der Waals surface area contributed by atoms with Gasteiger partial charge in [-0.25, -0.2) is 0 Å². The predicted molar refractivity (Wildman–Crippen MR) is 74.2 cm³/mol. The smallest absolute Gasteiger partial charge is 0.0329 e. The van der Waals surface area contributed by atoms with Gasteiger partial charge in [-0.05, 0) is 25.1 Å². The van der Waals surface area contributed by atoms with E-state index in [-0.39, 0.29) is 0 Å². The summed E-state index contributed by atoms with van der Waals surface area (Å²) in [6.45, 7) is 10.1. The van der Waals surface area contributed by atoms with E-state index in [4.69, 9.17) is 5.73 Å². The lowest BCUT2D eigenvalue weighted by molar-refractivity contribution is 0.128. The molecule has 0 spiro atoms. The highest BCUT2D eigenvalue weighted by Crippen LogP contribution is 2.18. The van der Waals surface area contributed by atoms with Crippen LogP contribution in [0.4, 0.5) is 0 Å². The van der Waals surface area contributed by atoms with Crippen LogP contribution in [0, 0.1) is 0 Å². The number of nitrogens with zero attached hydrogens (tertiary/aromatic N) is 2. The van der Waals surface area contributed by atoms with Gasteiger partial charge in [0.05, 0.1) is 0 Å². The second-order valence-electron chi connectivity index (χ2n) is 4.69. The average molecular weight is 253 g/mol. The summed E-state index contributed by atoms with van der Waals surface area (Å²) in [5.74, 6) is 0. The summed E-state index contributed by atoms with van der Waals surface area (Å²) in [6, 6.07) is 4.39. The highest BCUT2D eigenvalue weighted by molar-refractivity contribution is 7.11. The lowest BCUT2D eigenvalue weighted by Crippen LogP contribution is -2.45. The quantitative estimate of drug-likeness (QED) is 0.867. The summed E-state index contributed by atoms with van der Waals surface area (Å²) in [7, 11) is 0. The van der Waals surface area contributed by atoms with Crippen LogP contribution in [-0.4, -0.2) is 42.5 Å². The third kappa shape index (κ3) is 3.78. The third-order valence-electron chi connectivity index (χ3n) is 3.30. The van der Waals surface area contributed by atoms with Crippen molar-refractivity contribution in [1.82, 2.24) is 9.80 Å². The van der Waals surface area contributed by atoms with Crippen molar-refractivity contribution in [1.29, 1.82) is 0 Å². The van der Waals surface area contributed by atoms with Gasteiger partial charge in [0, 0.05) is 49.0 Å². The Balaban J connectivity index is 1.77. The first kappa shape index (κ1) is 13.0. The summed E-state index contributed by atoms with van der Waals surface area (Å²) < 4.78 is 0. The molecule has 1 fully saturated rings. The molecule has 0 atom stereocenters. The minimum absolute atomic E-state index is 0.676. The van der Waals surface area contributed by atoms with Crippen LogP contribution in [0.5, 0.6) is 0 Å². The molecule has 1 aliphatic rings. The first-order valence-electron chi connectivity index (χ1n) is 6.54. The van der Waals surface area contributed by atoms with E-state index in [1.807, 2.05) is 11.3 Å². The molecular weight excluding hydrogens is 230 g/mol. The minimum atomic E-state index is 0.676. The summed E-state index contributed by atoms with van der Waals surface area (Å²) in [5.41, 5.74) is 5.64. The Kier molecular flexibility index (Phi) is 4.98. The molecule has 1 aromatic heterocycles. The topological polar surface area (TPSA) is 32.5 Å². The maximum Gasteiger partial charge on any atom is 0.0329 e. The largest absolute Gasteiger partial charge is 0.326 e. The zero-order valence-electron chi connectivity index (χ0n) is 10.7. The molecule has 2 heterocycles. The molecule has 4 heteroatoms. The van der Waals surface area contributed by atoms with E-state index in [0.717, 1.165) is 6.54 Å². The van der Waals surface area contributed by atoms with Crippen LogP contribution in [0.1, 0.15) is 23.1 Å². The Hall–Kier alpha value is -0.420. The van der Waals surface area contributed by atoms with Crippen LogP contribution < -0.4 is 5.73 Å². The first-order chi connectivity index (χ1) is 8.31. The van der Waals surface area contributed by atoms with Crippen LogP contribution in [0.2, 0.25) is 0 Å². The van der Waals surface area contributed by atoms with Crippen LogP contribution in [0.15, 0.2) is 12.1 Å². The number of piperazine rings is 1. The van der Waals surface area contributed by atoms with Gasteiger partial charge in [0.1, 0.15) is 0 Å². The molecule has 3 nitrogen and oxygen atoms in total. The van der Waals surface area contributed by atoms with Gasteiger partial charge in [0.2, 0.25) is 0 Å². The van der Waals surface area contributed by atoms with E-state index in [2.05, 4.69) is 28.9 Å². The maximum absolute atomic E-state index is 5.64. The molecule has 1 aliphatic heterocycles. The predicted octanol–water partition coefficient (Wildman–Crippen LogP) is 1.73. The summed E-state index contributed by atoms with van der Waals surface area (Å²) in [6.07, 6.45) is 1.27. The number of hydrogen-bond acceptors (Lipinski definition) is 4. The molecule has 0 radical (unpaired) electrons. The molecule has 0 saturated carbocycles. The van der Waals surface area contributed by atoms with Gasteiger partial charge in [-0.15, -0.1) is 11.3 Å². The normalized spacial score (nSPS) is 18.7. The molecule has 0 aliphatic carbocycles. The van der Waals surface area contributed by atoms with Crippen molar-refractivity contribution in [3.8, 4) is 0 Å². The maximum atomic E-state index is 5.64. The van der Waals surface area contributed by atoms with Crippen LogP contribution >= 0.6 is 11.3 Å². The van der Waals surface area contributed by atoms with Crippen molar-refractivity contribution >= 4 is 11.3 Å². The van der Waals surface area contributed by atoms with Crippen LogP contribution in [0.25, 0.3) is 0 Å². The highest BCUT2D eigenvalue weighted by atomic mass is 32.1. The molecule has 96 valence electrons. The van der Waals surface area contributed by atoms with Crippen molar-refractivity contribution < 1.29 is 0 Å². The molecular formula is C13H23N3S. The minimum Gasteiger partial charge on any atom is -0.326 e. The lowest BCUT2D eigenvalue weighted by atomic mass is 10.3. The fourth-order valence-corrected chi connectivity index (χ4v) is 3.26. The molecule has 0 aromatic carbocycles. The van der Waals surface area contributed by atoms with Gasteiger partial charge in [-0.3, -0.25) is 4.90 Å². The van der Waals surface area contributed by atoms with E-state index in [0.29, 0.717) is 6.54 Å². The Morgan fingerprint density at radius 1 is 1.12 bits per heavy atom. The summed E-state index contributed by atoms with van der Waals surface area (Å²) in [4.78, 5) is 7.87. The van der Waals surface area contributed by atoms with Crippen LogP contribution in [0.3, 0.4) is 0 Å². The summed E-state index contributed by atoms with van der Waals surface area (Å²) in [5, 5.41) is 0. The molecule has 0 unspecified atom stereocenters. The van der Waals surface area contributed by atoms with Crippen molar-refractivity contribution in [2.75, 3.05) is 32.7 Å². The van der Waals surface area contributed by atoms with Gasteiger partial charge < -0.3 is 10.6 Å². The Morgan fingerprint density at radius 3 is 2.35 bits per heavy atom. The van der Waals surface area contributed by atoms with E-state index < -0.39 is 0 Å². The Bertz CT molecular complexity index is 329. The van der Waals surface area contributed by atoms with Gasteiger partial charge in [0.15, 0.2) is 0 Å². The number of nitrogens with two attached hydrogens (primary N) is 1. The molecule has 2 rings (SSSR count). The zero-order valence-corrected chi connectivity index (χ0v) is 11.5. The third-order valence-corrected chi connectivity index (χ3v) is 4.39. The van der Waals surface area contributed by atoms with E-state index >= 15 is 0 Å². The second kappa shape index (κ2) is 6.50. The molecule has 0 amide bonds. The summed E-state index contributed by atoms with van der Waals surface area (Å²) >= 11 is 1.86. The highest BCUT2D eigenvalue weighted by Gasteiger charge is 2.16. The van der Waals surface area contributed by atoms with E-state index in [1.165, 1.54) is 48.9 Å². The first-order valence-corrected chi connectivity index (χ1v) is 7.36. The van der Waals surface area contributed by atoms with Gasteiger partial charge in [0.25, 0.3) is 0 Å². The van der Waals surface area contributed by atoms with Crippen molar-refractivity contribution in [3.63, 3.8) is 0 Å². The zero-order chi connectivity index (χ0) is 12.1. The Labute approximate surface area is 108 Å². The molecule has 2 N–H and O–H groups in total. The average Bonchev–Trinajstić information content (AvgIpc) is 2.80. The number of hydrogen-bond donors (Lipinski definition) is 1. The molecule has 17 heavy (non-hydrogen) atoms. The van der Waals surface area contributed by atoms with Gasteiger partial charge in [-0.2, -0.15) is 0 Å². The van der Waals surface area contributed by atoms with Gasteiger partial charge >= 0.3 is 0 Å². The standard InChI is InChI=1S/C13H23N3S/c1-2-5-15-6-8-16(9-7-15)11-13-4-3-12(10-14)17-13/h3-4H,2,5-11,14H2,1H3. The Morgan fingerprint density at radius 2 is 1.76 bits per heavy atom. The second-order valence-corrected chi connectivity index (χ2v) is 5.94. The fourth-order valence-electron chi connectivity index (χ4n) is 2.32. The van der Waals surface area contributed by atoms with Gasteiger partial charge in [-0.1, -0.05) is 6.92 Å². The van der Waals surface area contributed by atoms with Crippen molar-refractivity contribution in [2.24, 2.45) is 5.73 Å². The lowest BCUT2D eigenvalue weighted by Gasteiger charge is -2.34. The molecule has 1 aromatic rings. The number of rotatable bonds is 5. The number of thiophene rings is 1. The molecule has 0 bridgehead atoms. The fraction of sp³-hybridized carbons (Fsp3) is 0.692. The van der Waals surface area contributed by atoms with Crippen molar-refractivity contribution in [2.45, 2.75) is 26.4 Å².